The lowest BCUT2D eigenvalue weighted by Crippen LogP contribution is -2.33. The first-order chi connectivity index (χ1) is 9.08. The van der Waals surface area contributed by atoms with Gasteiger partial charge in [0.1, 0.15) is 4.99 Å². The number of carbonyl (C=O) groups excluding carboxylic acids is 1. The number of rotatable bonds is 2. The average molecular weight is 278 g/mol. The lowest BCUT2D eigenvalue weighted by Gasteiger charge is -2.23. The number of aromatic nitrogens is 1. The Hall–Kier alpha value is -1.69. The molecule has 102 valence electrons. The number of thiocarbonyl (C=S) groups is 1. The molecule has 0 radical (unpaired) electrons. The summed E-state index contributed by atoms with van der Waals surface area (Å²) in [6.07, 6.45) is 2.68. The highest BCUT2D eigenvalue weighted by Crippen LogP contribution is 2.17. The highest BCUT2D eigenvalue weighted by Gasteiger charge is 2.17. The van der Waals surface area contributed by atoms with Gasteiger partial charge >= 0.3 is 0 Å². The van der Waals surface area contributed by atoms with Crippen molar-refractivity contribution in [3.05, 3.63) is 24.0 Å². The highest BCUT2D eigenvalue weighted by molar-refractivity contribution is 7.80. The van der Waals surface area contributed by atoms with Crippen molar-refractivity contribution in [3.8, 4) is 0 Å². The minimum Gasteiger partial charge on any atom is -0.388 e. The number of pyridine rings is 1. The third-order valence-corrected chi connectivity index (χ3v) is 3.51. The molecule has 19 heavy (non-hydrogen) atoms. The van der Waals surface area contributed by atoms with Crippen LogP contribution in [-0.2, 0) is 4.79 Å². The van der Waals surface area contributed by atoms with E-state index in [1.165, 1.54) is 0 Å². The smallest absolute Gasteiger partial charge is 0.219 e. The largest absolute Gasteiger partial charge is 0.388 e. The summed E-state index contributed by atoms with van der Waals surface area (Å²) in [6.45, 7) is 4.93. The van der Waals surface area contributed by atoms with Gasteiger partial charge in [-0.3, -0.25) is 9.78 Å². The summed E-state index contributed by atoms with van der Waals surface area (Å²) in [7, 11) is 0. The lowest BCUT2D eigenvalue weighted by atomic mass is 10.2. The molecule has 0 atom stereocenters. The Morgan fingerprint density at radius 1 is 1.37 bits per heavy atom. The van der Waals surface area contributed by atoms with Crippen LogP contribution in [0.2, 0.25) is 0 Å². The number of carbonyl (C=O) groups is 1. The molecule has 0 aromatic carbocycles. The number of hydrogen-bond acceptors (Lipinski definition) is 4. The van der Waals surface area contributed by atoms with E-state index in [1.54, 1.807) is 13.1 Å². The van der Waals surface area contributed by atoms with Crippen molar-refractivity contribution < 1.29 is 4.79 Å². The molecule has 0 saturated carbocycles. The van der Waals surface area contributed by atoms with E-state index in [0.29, 0.717) is 10.7 Å². The van der Waals surface area contributed by atoms with E-state index in [4.69, 9.17) is 18.0 Å². The molecule has 2 heterocycles. The monoisotopic (exact) mass is 278 g/mol. The Morgan fingerprint density at radius 3 is 2.84 bits per heavy atom. The number of anilines is 1. The second-order valence-electron chi connectivity index (χ2n) is 4.61. The number of nitrogens with zero attached hydrogens (tertiary/aromatic N) is 3. The predicted molar refractivity (Wildman–Crippen MR) is 79.2 cm³/mol. The van der Waals surface area contributed by atoms with Crippen LogP contribution in [0.3, 0.4) is 0 Å². The molecule has 1 aliphatic rings. The van der Waals surface area contributed by atoms with Gasteiger partial charge in [0.05, 0.1) is 5.69 Å². The quantitative estimate of drug-likeness (QED) is 0.810. The molecule has 0 bridgehead atoms. The normalized spacial score (nSPS) is 16.1. The standard InChI is InChI=1S/C13H18N4OS/c1-10(18)16-5-2-6-17(8-7-16)11-3-4-15-12(9-11)13(14)19/h3-4,9H,2,5-8H2,1H3,(H2,14,19). The van der Waals surface area contributed by atoms with E-state index < -0.39 is 0 Å². The molecule has 6 heteroatoms. The summed E-state index contributed by atoms with van der Waals surface area (Å²) in [5.74, 6) is 0.139. The van der Waals surface area contributed by atoms with E-state index >= 15 is 0 Å². The maximum atomic E-state index is 11.4. The molecule has 0 unspecified atom stereocenters. The summed E-state index contributed by atoms with van der Waals surface area (Å²) in [4.78, 5) is 20.0. The highest BCUT2D eigenvalue weighted by atomic mass is 32.1. The summed E-state index contributed by atoms with van der Waals surface area (Å²) >= 11 is 4.95. The zero-order chi connectivity index (χ0) is 13.8. The van der Waals surface area contributed by atoms with E-state index in [-0.39, 0.29) is 5.91 Å². The van der Waals surface area contributed by atoms with Crippen LogP contribution in [0.15, 0.2) is 18.3 Å². The average Bonchev–Trinajstić information content (AvgIpc) is 2.64. The van der Waals surface area contributed by atoms with Crippen LogP contribution in [0.5, 0.6) is 0 Å². The number of hydrogen-bond donors (Lipinski definition) is 1. The van der Waals surface area contributed by atoms with E-state index in [0.717, 1.165) is 38.3 Å². The molecule has 1 aliphatic heterocycles. The Kier molecular flexibility index (Phi) is 4.31. The molecule has 1 amide bonds. The molecule has 1 saturated heterocycles. The summed E-state index contributed by atoms with van der Waals surface area (Å²) in [5.41, 5.74) is 7.30. The van der Waals surface area contributed by atoms with Gasteiger partial charge in [-0.2, -0.15) is 0 Å². The van der Waals surface area contributed by atoms with Gasteiger partial charge < -0.3 is 15.5 Å². The second kappa shape index (κ2) is 5.97. The Balaban J connectivity index is 2.12. The fourth-order valence-corrected chi connectivity index (χ4v) is 2.35. The lowest BCUT2D eigenvalue weighted by molar-refractivity contribution is -0.128. The first-order valence-electron chi connectivity index (χ1n) is 6.34. The van der Waals surface area contributed by atoms with Crippen LogP contribution in [-0.4, -0.2) is 47.0 Å². The van der Waals surface area contributed by atoms with E-state index in [1.807, 2.05) is 17.0 Å². The van der Waals surface area contributed by atoms with Crippen LogP contribution in [0, 0.1) is 0 Å². The van der Waals surface area contributed by atoms with Gasteiger partial charge in [0.2, 0.25) is 5.91 Å². The molecule has 2 rings (SSSR count). The third kappa shape index (κ3) is 3.41. The SMILES string of the molecule is CC(=O)N1CCCN(c2ccnc(C(N)=S)c2)CC1. The van der Waals surface area contributed by atoms with Gasteiger partial charge in [0.25, 0.3) is 0 Å². The molecule has 1 fully saturated rings. The summed E-state index contributed by atoms with van der Waals surface area (Å²) in [6, 6.07) is 3.86. The van der Waals surface area contributed by atoms with E-state index in [2.05, 4.69) is 9.88 Å². The van der Waals surface area contributed by atoms with Gasteiger partial charge in [-0.05, 0) is 18.6 Å². The van der Waals surface area contributed by atoms with Crippen molar-refractivity contribution in [2.45, 2.75) is 13.3 Å². The molecular formula is C13H18N4OS. The molecule has 5 nitrogen and oxygen atoms in total. The van der Waals surface area contributed by atoms with Crippen molar-refractivity contribution in [2.75, 3.05) is 31.1 Å². The maximum absolute atomic E-state index is 11.4. The Labute approximate surface area is 118 Å². The number of amides is 1. The zero-order valence-corrected chi connectivity index (χ0v) is 11.8. The van der Waals surface area contributed by atoms with Crippen molar-refractivity contribution >= 4 is 28.8 Å². The molecule has 1 aromatic heterocycles. The minimum atomic E-state index is 0.139. The van der Waals surface area contributed by atoms with Gasteiger partial charge in [-0.1, -0.05) is 12.2 Å². The van der Waals surface area contributed by atoms with Crippen molar-refractivity contribution in [3.63, 3.8) is 0 Å². The fourth-order valence-electron chi connectivity index (χ4n) is 2.24. The zero-order valence-electron chi connectivity index (χ0n) is 11.0. The van der Waals surface area contributed by atoms with Crippen LogP contribution < -0.4 is 10.6 Å². The first-order valence-corrected chi connectivity index (χ1v) is 6.75. The minimum absolute atomic E-state index is 0.139. The molecule has 0 aliphatic carbocycles. The molecule has 1 aromatic rings. The van der Waals surface area contributed by atoms with Gasteiger partial charge in [-0.15, -0.1) is 0 Å². The third-order valence-electron chi connectivity index (χ3n) is 3.30. The summed E-state index contributed by atoms with van der Waals surface area (Å²) in [5, 5.41) is 0. The van der Waals surface area contributed by atoms with Gasteiger partial charge in [0, 0.05) is 45.0 Å². The maximum Gasteiger partial charge on any atom is 0.219 e. The van der Waals surface area contributed by atoms with Crippen molar-refractivity contribution in [1.82, 2.24) is 9.88 Å². The number of nitrogens with two attached hydrogens (primary N) is 1. The van der Waals surface area contributed by atoms with Crippen LogP contribution in [0.4, 0.5) is 5.69 Å². The molecule has 2 N–H and O–H groups in total. The van der Waals surface area contributed by atoms with Gasteiger partial charge in [-0.25, -0.2) is 0 Å². The topological polar surface area (TPSA) is 62.5 Å². The van der Waals surface area contributed by atoms with Crippen LogP contribution in [0.1, 0.15) is 19.0 Å². The van der Waals surface area contributed by atoms with Crippen molar-refractivity contribution in [1.29, 1.82) is 0 Å². The van der Waals surface area contributed by atoms with Gasteiger partial charge in [0.15, 0.2) is 0 Å². The van der Waals surface area contributed by atoms with E-state index in [9.17, 15) is 4.79 Å². The molecule has 0 spiro atoms. The molecular weight excluding hydrogens is 260 g/mol. The van der Waals surface area contributed by atoms with Crippen LogP contribution in [0.25, 0.3) is 0 Å². The first kappa shape index (κ1) is 13.7. The Morgan fingerprint density at radius 2 is 2.16 bits per heavy atom. The van der Waals surface area contributed by atoms with Crippen LogP contribution >= 0.6 is 12.2 Å². The fraction of sp³-hybridized carbons (Fsp3) is 0.462. The van der Waals surface area contributed by atoms with Crippen molar-refractivity contribution in [2.24, 2.45) is 5.73 Å². The Bertz CT molecular complexity index is 491. The predicted octanol–water partition coefficient (Wildman–Crippen LogP) is 0.774. The summed E-state index contributed by atoms with van der Waals surface area (Å²) < 4.78 is 0. The second-order valence-corrected chi connectivity index (χ2v) is 5.05.